The zero-order valence-corrected chi connectivity index (χ0v) is 17.1. The molecule has 1 amide bonds. The van der Waals surface area contributed by atoms with E-state index in [2.05, 4.69) is 29.2 Å². The summed E-state index contributed by atoms with van der Waals surface area (Å²) in [6, 6.07) is 16.1. The smallest absolute Gasteiger partial charge is 0.227 e. The largest absolute Gasteiger partial charge is 0.497 e. The molecule has 1 saturated heterocycles. The Hall–Kier alpha value is -2.53. The van der Waals surface area contributed by atoms with Crippen LogP contribution in [0.4, 0.5) is 5.69 Å². The van der Waals surface area contributed by atoms with Crippen LogP contribution in [0.2, 0.25) is 0 Å². The molecule has 0 saturated carbocycles. The van der Waals surface area contributed by atoms with Gasteiger partial charge in [-0.1, -0.05) is 24.3 Å². The summed E-state index contributed by atoms with van der Waals surface area (Å²) in [5, 5.41) is 0. The lowest BCUT2D eigenvalue weighted by molar-refractivity contribution is -0.132. The van der Waals surface area contributed by atoms with Gasteiger partial charge in [-0.25, -0.2) is 0 Å². The maximum atomic E-state index is 13.1. The lowest BCUT2D eigenvalue weighted by atomic mass is 10.1. The fourth-order valence-electron chi connectivity index (χ4n) is 3.44. The van der Waals surface area contributed by atoms with Gasteiger partial charge in [0.2, 0.25) is 5.91 Å². The fraction of sp³-hybridized carbons (Fsp3) is 0.435. The van der Waals surface area contributed by atoms with Gasteiger partial charge < -0.3 is 19.3 Å². The first-order valence-corrected chi connectivity index (χ1v) is 9.83. The van der Waals surface area contributed by atoms with E-state index in [4.69, 9.17) is 9.47 Å². The van der Waals surface area contributed by atoms with Crippen LogP contribution in [-0.2, 0) is 22.5 Å². The number of carbonyl (C=O) groups is 1. The second kappa shape index (κ2) is 9.60. The number of nitrogens with zero attached hydrogens (tertiary/aromatic N) is 2. The molecule has 3 rings (SSSR count). The molecule has 1 aliphatic rings. The van der Waals surface area contributed by atoms with E-state index in [1.807, 2.05) is 43.3 Å². The van der Waals surface area contributed by atoms with E-state index in [1.54, 1.807) is 7.11 Å². The van der Waals surface area contributed by atoms with Crippen molar-refractivity contribution >= 4 is 11.6 Å². The van der Waals surface area contributed by atoms with Gasteiger partial charge in [-0.05, 0) is 48.2 Å². The highest BCUT2D eigenvalue weighted by atomic mass is 16.5. The minimum Gasteiger partial charge on any atom is -0.497 e. The highest BCUT2D eigenvalue weighted by Crippen LogP contribution is 2.19. The SMILES string of the molecule is COc1ccc(CC(=O)N(Cc2ccc(N(C)C)cc2)CC2CCCO2)cc1. The van der Waals surface area contributed by atoms with Crippen molar-refractivity contribution in [2.45, 2.75) is 31.9 Å². The molecule has 5 heteroatoms. The third kappa shape index (κ3) is 5.49. The highest BCUT2D eigenvalue weighted by Gasteiger charge is 2.23. The summed E-state index contributed by atoms with van der Waals surface area (Å²) in [6.45, 7) is 2.04. The van der Waals surface area contributed by atoms with Gasteiger partial charge in [-0.15, -0.1) is 0 Å². The number of carbonyl (C=O) groups excluding carboxylic acids is 1. The summed E-state index contributed by atoms with van der Waals surface area (Å²) < 4.78 is 11.0. The number of hydrogen-bond donors (Lipinski definition) is 0. The molecule has 0 radical (unpaired) electrons. The van der Waals surface area contributed by atoms with E-state index in [9.17, 15) is 4.79 Å². The molecule has 0 spiro atoms. The Kier molecular flexibility index (Phi) is 6.93. The maximum absolute atomic E-state index is 13.1. The number of anilines is 1. The van der Waals surface area contributed by atoms with Crippen molar-refractivity contribution < 1.29 is 14.3 Å². The van der Waals surface area contributed by atoms with E-state index in [-0.39, 0.29) is 12.0 Å². The molecule has 28 heavy (non-hydrogen) atoms. The monoisotopic (exact) mass is 382 g/mol. The van der Waals surface area contributed by atoms with Crippen LogP contribution in [0.3, 0.4) is 0 Å². The third-order valence-corrected chi connectivity index (χ3v) is 5.14. The van der Waals surface area contributed by atoms with Crippen molar-refractivity contribution in [3.63, 3.8) is 0 Å². The van der Waals surface area contributed by atoms with E-state index in [0.717, 1.165) is 42.0 Å². The second-order valence-corrected chi connectivity index (χ2v) is 7.50. The average Bonchev–Trinajstić information content (AvgIpc) is 3.21. The maximum Gasteiger partial charge on any atom is 0.227 e. The minimum atomic E-state index is 0.123. The third-order valence-electron chi connectivity index (χ3n) is 5.14. The van der Waals surface area contributed by atoms with Crippen molar-refractivity contribution in [1.82, 2.24) is 4.90 Å². The van der Waals surface area contributed by atoms with Crippen LogP contribution in [-0.4, -0.2) is 51.3 Å². The molecular formula is C23H30N2O3. The molecule has 0 N–H and O–H groups in total. The Morgan fingerprint density at radius 2 is 1.75 bits per heavy atom. The van der Waals surface area contributed by atoms with E-state index in [0.29, 0.717) is 19.5 Å². The Morgan fingerprint density at radius 3 is 2.32 bits per heavy atom. The van der Waals surface area contributed by atoms with Gasteiger partial charge in [0.05, 0.1) is 19.6 Å². The van der Waals surface area contributed by atoms with Crippen molar-refractivity contribution in [2.24, 2.45) is 0 Å². The first-order chi connectivity index (χ1) is 13.5. The minimum absolute atomic E-state index is 0.123. The van der Waals surface area contributed by atoms with Crippen LogP contribution in [0.15, 0.2) is 48.5 Å². The Morgan fingerprint density at radius 1 is 1.07 bits per heavy atom. The molecule has 2 aromatic rings. The molecule has 0 aliphatic carbocycles. The molecule has 150 valence electrons. The number of ether oxygens (including phenoxy) is 2. The van der Waals surface area contributed by atoms with Gasteiger partial charge in [-0.2, -0.15) is 0 Å². The van der Waals surface area contributed by atoms with Crippen LogP contribution in [0, 0.1) is 0 Å². The van der Waals surface area contributed by atoms with Crippen LogP contribution in [0.5, 0.6) is 5.75 Å². The van der Waals surface area contributed by atoms with Gasteiger partial charge >= 0.3 is 0 Å². The molecule has 1 unspecified atom stereocenters. The molecule has 0 aromatic heterocycles. The number of benzene rings is 2. The quantitative estimate of drug-likeness (QED) is 0.701. The van der Waals surface area contributed by atoms with Crippen molar-refractivity contribution in [1.29, 1.82) is 0 Å². The Balaban J connectivity index is 1.70. The summed E-state index contributed by atoms with van der Waals surface area (Å²) in [5.74, 6) is 0.922. The van der Waals surface area contributed by atoms with Crippen LogP contribution in [0.1, 0.15) is 24.0 Å². The molecule has 2 aromatic carbocycles. The lowest BCUT2D eigenvalue weighted by Crippen LogP contribution is -2.37. The zero-order valence-electron chi connectivity index (χ0n) is 17.1. The number of methoxy groups -OCH3 is 1. The topological polar surface area (TPSA) is 42.0 Å². The lowest BCUT2D eigenvalue weighted by Gasteiger charge is -2.26. The van der Waals surface area contributed by atoms with Gasteiger partial charge in [0.15, 0.2) is 0 Å². The van der Waals surface area contributed by atoms with Crippen LogP contribution in [0.25, 0.3) is 0 Å². The zero-order chi connectivity index (χ0) is 19.9. The average molecular weight is 383 g/mol. The van der Waals surface area contributed by atoms with E-state index >= 15 is 0 Å². The molecular weight excluding hydrogens is 352 g/mol. The normalized spacial score (nSPS) is 16.0. The number of amides is 1. The molecule has 1 atom stereocenters. The van der Waals surface area contributed by atoms with Crippen LogP contribution >= 0.6 is 0 Å². The van der Waals surface area contributed by atoms with Crippen molar-refractivity contribution in [2.75, 3.05) is 39.3 Å². The number of rotatable bonds is 8. The summed E-state index contributed by atoms with van der Waals surface area (Å²) >= 11 is 0. The van der Waals surface area contributed by atoms with E-state index in [1.165, 1.54) is 0 Å². The summed E-state index contributed by atoms with van der Waals surface area (Å²) in [5.41, 5.74) is 3.27. The Bertz CT molecular complexity index is 750. The first-order valence-electron chi connectivity index (χ1n) is 9.83. The fourth-order valence-corrected chi connectivity index (χ4v) is 3.44. The van der Waals surface area contributed by atoms with Gasteiger partial charge in [-0.3, -0.25) is 4.79 Å². The summed E-state index contributed by atoms with van der Waals surface area (Å²) in [7, 11) is 5.69. The van der Waals surface area contributed by atoms with Gasteiger partial charge in [0, 0.05) is 39.5 Å². The first kappa shape index (κ1) is 20.2. The second-order valence-electron chi connectivity index (χ2n) is 7.50. The Labute approximate surface area is 167 Å². The molecule has 5 nitrogen and oxygen atoms in total. The molecule has 1 aliphatic heterocycles. The van der Waals surface area contributed by atoms with E-state index < -0.39 is 0 Å². The van der Waals surface area contributed by atoms with Crippen molar-refractivity contribution in [3.05, 3.63) is 59.7 Å². The molecule has 0 bridgehead atoms. The van der Waals surface area contributed by atoms with Crippen molar-refractivity contribution in [3.8, 4) is 5.75 Å². The standard InChI is InChI=1S/C23H30N2O3/c1-24(2)20-10-6-19(7-11-20)16-25(17-22-5-4-14-28-22)23(26)15-18-8-12-21(27-3)13-9-18/h6-13,22H,4-5,14-17H2,1-3H3. The summed E-state index contributed by atoms with van der Waals surface area (Å²) in [4.78, 5) is 17.1. The van der Waals surface area contributed by atoms with Gasteiger partial charge in [0.1, 0.15) is 5.75 Å². The molecule has 1 fully saturated rings. The van der Waals surface area contributed by atoms with Crippen LogP contribution < -0.4 is 9.64 Å². The predicted molar refractivity (Wildman–Crippen MR) is 112 cm³/mol. The predicted octanol–water partition coefficient (Wildman–Crippen LogP) is 3.51. The molecule has 1 heterocycles. The highest BCUT2D eigenvalue weighted by molar-refractivity contribution is 5.79. The van der Waals surface area contributed by atoms with Gasteiger partial charge in [0.25, 0.3) is 0 Å². The number of hydrogen-bond acceptors (Lipinski definition) is 4. The summed E-state index contributed by atoms with van der Waals surface area (Å²) in [6.07, 6.45) is 2.61.